The molecule has 136 valence electrons. The summed E-state index contributed by atoms with van der Waals surface area (Å²) in [5.41, 5.74) is 2.69. The molecule has 0 saturated heterocycles. The topological polar surface area (TPSA) is 80.9 Å². The van der Waals surface area contributed by atoms with Gasteiger partial charge in [-0.05, 0) is 47.5 Å². The van der Waals surface area contributed by atoms with Crippen molar-refractivity contribution < 1.29 is 20.4 Å². The molecule has 5 heteroatoms. The second kappa shape index (κ2) is 7.30. The summed E-state index contributed by atoms with van der Waals surface area (Å²) in [6.07, 6.45) is 1.25. The zero-order valence-corrected chi connectivity index (χ0v) is 15.5. The Hall–Kier alpha value is -2.66. The van der Waals surface area contributed by atoms with Crippen molar-refractivity contribution in [2.45, 2.75) is 32.6 Å². The van der Waals surface area contributed by atoms with Gasteiger partial charge < -0.3 is 20.4 Å². The van der Waals surface area contributed by atoms with Crippen molar-refractivity contribution in [3.05, 3.63) is 68.9 Å². The Morgan fingerprint density at radius 2 is 1.27 bits per heavy atom. The highest BCUT2D eigenvalue weighted by Crippen LogP contribution is 2.45. The molecule has 3 rings (SSSR count). The SMILES string of the molecule is CCc1cc(C(c2cccs2)c2cc(CC)c(O)cc2O)c(O)cc1O. The molecule has 2 aromatic carbocycles. The monoisotopic (exact) mass is 370 g/mol. The summed E-state index contributed by atoms with van der Waals surface area (Å²) in [4.78, 5) is 0.955. The van der Waals surface area contributed by atoms with Crippen LogP contribution < -0.4 is 0 Å². The predicted octanol–water partition coefficient (Wildman–Crippen LogP) is 4.88. The fraction of sp³-hybridized carbons (Fsp3) is 0.238. The van der Waals surface area contributed by atoms with Crippen LogP contribution in [0.3, 0.4) is 0 Å². The first-order valence-corrected chi connectivity index (χ1v) is 9.47. The molecule has 26 heavy (non-hydrogen) atoms. The first-order chi connectivity index (χ1) is 12.5. The minimum Gasteiger partial charge on any atom is -0.508 e. The van der Waals surface area contributed by atoms with Gasteiger partial charge >= 0.3 is 0 Å². The summed E-state index contributed by atoms with van der Waals surface area (Å²) in [7, 11) is 0. The van der Waals surface area contributed by atoms with Gasteiger partial charge in [0.15, 0.2) is 0 Å². The number of rotatable bonds is 5. The van der Waals surface area contributed by atoms with Gasteiger partial charge in [-0.1, -0.05) is 19.9 Å². The van der Waals surface area contributed by atoms with Crippen molar-refractivity contribution in [1.82, 2.24) is 0 Å². The highest BCUT2D eigenvalue weighted by Gasteiger charge is 2.26. The van der Waals surface area contributed by atoms with E-state index in [0.29, 0.717) is 24.0 Å². The molecule has 1 aromatic heterocycles. The smallest absolute Gasteiger partial charge is 0.123 e. The van der Waals surface area contributed by atoms with Gasteiger partial charge in [0.1, 0.15) is 23.0 Å². The minimum absolute atomic E-state index is 0.0244. The average Bonchev–Trinajstić information content (AvgIpc) is 3.13. The Bertz CT molecular complexity index is 857. The molecule has 0 bridgehead atoms. The molecule has 0 amide bonds. The van der Waals surface area contributed by atoms with Gasteiger partial charge in [0.25, 0.3) is 0 Å². The van der Waals surface area contributed by atoms with Crippen LogP contribution in [0.2, 0.25) is 0 Å². The highest BCUT2D eigenvalue weighted by molar-refractivity contribution is 7.10. The van der Waals surface area contributed by atoms with Crippen LogP contribution >= 0.6 is 11.3 Å². The van der Waals surface area contributed by atoms with E-state index in [4.69, 9.17) is 0 Å². The largest absolute Gasteiger partial charge is 0.508 e. The minimum atomic E-state index is -0.396. The first kappa shape index (κ1) is 18.1. The Morgan fingerprint density at radius 3 is 1.65 bits per heavy atom. The number of aromatic hydroxyl groups is 4. The van der Waals surface area contributed by atoms with Crippen molar-refractivity contribution >= 4 is 11.3 Å². The van der Waals surface area contributed by atoms with E-state index in [0.717, 1.165) is 16.0 Å². The summed E-state index contributed by atoms with van der Waals surface area (Å²) in [5, 5.41) is 43.1. The zero-order valence-electron chi connectivity index (χ0n) is 14.7. The molecule has 4 nitrogen and oxygen atoms in total. The predicted molar refractivity (Wildman–Crippen MR) is 104 cm³/mol. The van der Waals surface area contributed by atoms with Crippen molar-refractivity contribution in [3.8, 4) is 23.0 Å². The van der Waals surface area contributed by atoms with E-state index in [-0.39, 0.29) is 23.0 Å². The number of hydrogen-bond acceptors (Lipinski definition) is 5. The molecule has 0 saturated carbocycles. The van der Waals surface area contributed by atoms with E-state index in [2.05, 4.69) is 0 Å². The molecule has 0 atom stereocenters. The lowest BCUT2D eigenvalue weighted by atomic mass is 9.86. The van der Waals surface area contributed by atoms with Gasteiger partial charge in [-0.3, -0.25) is 0 Å². The zero-order chi connectivity index (χ0) is 18.8. The van der Waals surface area contributed by atoms with Crippen LogP contribution in [0.4, 0.5) is 0 Å². The lowest BCUT2D eigenvalue weighted by Gasteiger charge is -2.21. The second-order valence-corrected chi connectivity index (χ2v) is 7.21. The van der Waals surface area contributed by atoms with E-state index in [1.807, 2.05) is 31.4 Å². The van der Waals surface area contributed by atoms with E-state index >= 15 is 0 Å². The third-order valence-corrected chi connectivity index (χ3v) is 5.60. The van der Waals surface area contributed by atoms with Gasteiger partial charge in [0.05, 0.1) is 5.92 Å². The molecule has 0 spiro atoms. The van der Waals surface area contributed by atoms with Gasteiger partial charge in [-0.2, -0.15) is 0 Å². The first-order valence-electron chi connectivity index (χ1n) is 8.59. The molecule has 0 fully saturated rings. The van der Waals surface area contributed by atoms with Crippen LogP contribution in [0.5, 0.6) is 23.0 Å². The molecular weight excluding hydrogens is 348 g/mol. The summed E-state index contributed by atoms with van der Waals surface area (Å²) in [6, 6.07) is 10.1. The number of phenolic OH excluding ortho intramolecular Hbond substituents is 4. The summed E-state index contributed by atoms with van der Waals surface area (Å²) < 4.78 is 0. The maximum Gasteiger partial charge on any atom is 0.123 e. The van der Waals surface area contributed by atoms with Crippen molar-refractivity contribution in [2.24, 2.45) is 0 Å². The number of phenols is 4. The van der Waals surface area contributed by atoms with Crippen LogP contribution in [0, 0.1) is 0 Å². The Morgan fingerprint density at radius 1 is 0.769 bits per heavy atom. The van der Waals surface area contributed by atoms with Gasteiger partial charge in [-0.15, -0.1) is 11.3 Å². The van der Waals surface area contributed by atoms with Crippen LogP contribution in [0.1, 0.15) is 46.9 Å². The van der Waals surface area contributed by atoms with E-state index < -0.39 is 5.92 Å². The number of thiophene rings is 1. The molecule has 0 unspecified atom stereocenters. The Labute approximate surface area is 156 Å². The maximum atomic E-state index is 10.5. The Kier molecular flexibility index (Phi) is 5.09. The fourth-order valence-corrected chi connectivity index (χ4v) is 4.10. The molecule has 3 aromatic rings. The summed E-state index contributed by atoms with van der Waals surface area (Å²) in [5.74, 6) is -0.329. The van der Waals surface area contributed by atoms with Gasteiger partial charge in [-0.25, -0.2) is 0 Å². The van der Waals surface area contributed by atoms with Crippen LogP contribution in [0.15, 0.2) is 41.8 Å². The standard InChI is InChI=1S/C21H22O4S/c1-3-12-8-14(18(24)10-16(12)22)21(20-6-5-7-26-20)15-9-13(4-2)17(23)11-19(15)25/h5-11,21-25H,3-4H2,1-2H3. The molecule has 1 heterocycles. The van der Waals surface area contributed by atoms with Crippen molar-refractivity contribution in [2.75, 3.05) is 0 Å². The lowest BCUT2D eigenvalue weighted by Crippen LogP contribution is -2.04. The van der Waals surface area contributed by atoms with Gasteiger partial charge in [0.2, 0.25) is 0 Å². The fourth-order valence-electron chi connectivity index (χ4n) is 3.24. The number of aryl methyl sites for hydroxylation is 2. The number of benzene rings is 2. The molecule has 4 N–H and O–H groups in total. The third kappa shape index (κ3) is 3.22. The Balaban J connectivity index is 2.27. The van der Waals surface area contributed by atoms with Crippen LogP contribution in [-0.2, 0) is 12.8 Å². The van der Waals surface area contributed by atoms with Crippen LogP contribution in [0.25, 0.3) is 0 Å². The quantitative estimate of drug-likeness (QED) is 0.516. The number of hydrogen-bond donors (Lipinski definition) is 4. The van der Waals surface area contributed by atoms with E-state index in [1.54, 1.807) is 12.1 Å². The molecule has 0 aliphatic heterocycles. The van der Waals surface area contributed by atoms with Crippen molar-refractivity contribution in [3.63, 3.8) is 0 Å². The summed E-state index contributed by atoms with van der Waals surface area (Å²) >= 11 is 1.53. The highest BCUT2D eigenvalue weighted by atomic mass is 32.1. The molecule has 0 aliphatic rings. The van der Waals surface area contributed by atoms with E-state index in [1.165, 1.54) is 23.5 Å². The van der Waals surface area contributed by atoms with Crippen molar-refractivity contribution in [1.29, 1.82) is 0 Å². The molecule has 0 aliphatic carbocycles. The lowest BCUT2D eigenvalue weighted by molar-refractivity contribution is 0.436. The normalized spacial score (nSPS) is 11.2. The van der Waals surface area contributed by atoms with Gasteiger partial charge in [0, 0.05) is 28.1 Å². The third-order valence-electron chi connectivity index (χ3n) is 4.67. The molecule has 0 radical (unpaired) electrons. The van der Waals surface area contributed by atoms with Crippen LogP contribution in [-0.4, -0.2) is 20.4 Å². The average molecular weight is 370 g/mol. The summed E-state index contributed by atoms with van der Waals surface area (Å²) in [6.45, 7) is 3.87. The maximum absolute atomic E-state index is 10.5. The molecular formula is C21H22O4S. The van der Waals surface area contributed by atoms with E-state index in [9.17, 15) is 20.4 Å². The second-order valence-electron chi connectivity index (χ2n) is 6.24.